The number of benzene rings is 1. The Bertz CT molecular complexity index is 1040. The van der Waals surface area contributed by atoms with Crippen molar-refractivity contribution in [2.45, 2.75) is 45.1 Å². The van der Waals surface area contributed by atoms with E-state index < -0.39 is 20.0 Å². The standard InChI is InChI=1S/C17H23N3O5S2/c1-4-9-26(21,22)20-8-7-14-5-6-16(10-15(14)11-20)19-27(23,24)17-12(2)18-25-13(17)3/h5-6,10,19H,4,7-9,11H2,1-3H3. The maximum atomic E-state index is 12.7. The molecule has 10 heteroatoms. The number of hydrogen-bond acceptors (Lipinski definition) is 6. The van der Waals surface area contributed by atoms with Gasteiger partial charge in [-0.25, -0.2) is 16.8 Å². The van der Waals surface area contributed by atoms with E-state index in [1.54, 1.807) is 19.1 Å². The Morgan fingerprint density at radius 1 is 1.19 bits per heavy atom. The zero-order chi connectivity index (χ0) is 19.8. The van der Waals surface area contributed by atoms with Crippen molar-refractivity contribution in [2.24, 2.45) is 0 Å². The summed E-state index contributed by atoms with van der Waals surface area (Å²) in [6.45, 7) is 5.63. The van der Waals surface area contributed by atoms with Gasteiger partial charge in [-0.05, 0) is 49.9 Å². The van der Waals surface area contributed by atoms with E-state index in [9.17, 15) is 16.8 Å². The molecule has 2 heterocycles. The van der Waals surface area contributed by atoms with E-state index in [4.69, 9.17) is 4.52 Å². The SMILES string of the molecule is CCCS(=O)(=O)N1CCc2ccc(NS(=O)(=O)c3c(C)noc3C)cc2C1. The fourth-order valence-electron chi connectivity index (χ4n) is 3.28. The average molecular weight is 414 g/mol. The third kappa shape index (κ3) is 4.02. The number of aryl methyl sites for hydroxylation is 2. The minimum atomic E-state index is -3.85. The van der Waals surface area contributed by atoms with Crippen LogP contribution in [0.25, 0.3) is 0 Å². The highest BCUT2D eigenvalue weighted by molar-refractivity contribution is 7.92. The fourth-order valence-corrected chi connectivity index (χ4v) is 6.14. The molecule has 8 nitrogen and oxygen atoms in total. The van der Waals surface area contributed by atoms with Crippen LogP contribution in [-0.4, -0.2) is 38.6 Å². The van der Waals surface area contributed by atoms with Crippen LogP contribution in [0.3, 0.4) is 0 Å². The number of anilines is 1. The first-order valence-corrected chi connectivity index (χ1v) is 11.8. The molecule has 1 aliphatic heterocycles. The normalized spacial score (nSPS) is 15.5. The molecule has 27 heavy (non-hydrogen) atoms. The Morgan fingerprint density at radius 2 is 1.93 bits per heavy atom. The van der Waals surface area contributed by atoms with E-state index in [0.29, 0.717) is 25.1 Å². The van der Waals surface area contributed by atoms with Gasteiger partial charge in [0.05, 0.1) is 5.75 Å². The molecule has 0 bridgehead atoms. The smallest absolute Gasteiger partial charge is 0.267 e. The Hall–Kier alpha value is -1.91. The van der Waals surface area contributed by atoms with Gasteiger partial charge in [0.25, 0.3) is 10.0 Å². The molecule has 1 aromatic carbocycles. The van der Waals surface area contributed by atoms with E-state index >= 15 is 0 Å². The number of aromatic nitrogens is 1. The molecule has 1 N–H and O–H groups in total. The summed E-state index contributed by atoms with van der Waals surface area (Å²) < 4.78 is 58.9. The summed E-state index contributed by atoms with van der Waals surface area (Å²) in [5, 5.41) is 3.68. The quantitative estimate of drug-likeness (QED) is 0.777. The van der Waals surface area contributed by atoms with Crippen molar-refractivity contribution in [1.29, 1.82) is 0 Å². The molecule has 0 spiro atoms. The van der Waals surface area contributed by atoms with Gasteiger partial charge < -0.3 is 4.52 Å². The van der Waals surface area contributed by atoms with Gasteiger partial charge in [-0.1, -0.05) is 18.1 Å². The van der Waals surface area contributed by atoms with Crippen LogP contribution >= 0.6 is 0 Å². The summed E-state index contributed by atoms with van der Waals surface area (Å²) >= 11 is 0. The Kier molecular flexibility index (Phi) is 5.33. The van der Waals surface area contributed by atoms with Crippen LogP contribution < -0.4 is 4.72 Å². The molecule has 0 unspecified atom stereocenters. The molecule has 1 aromatic heterocycles. The number of fused-ring (bicyclic) bond motifs is 1. The highest BCUT2D eigenvalue weighted by atomic mass is 32.2. The summed E-state index contributed by atoms with van der Waals surface area (Å²) in [6, 6.07) is 5.22. The minimum absolute atomic E-state index is 0.0207. The van der Waals surface area contributed by atoms with Crippen molar-refractivity contribution in [3.63, 3.8) is 0 Å². The van der Waals surface area contributed by atoms with Crippen molar-refractivity contribution >= 4 is 25.7 Å². The van der Waals surface area contributed by atoms with Gasteiger partial charge in [-0.3, -0.25) is 4.72 Å². The summed E-state index contributed by atoms with van der Waals surface area (Å²) in [4.78, 5) is 0.0207. The molecule has 0 amide bonds. The van der Waals surface area contributed by atoms with E-state index in [1.807, 2.05) is 13.0 Å². The number of hydrogen-bond donors (Lipinski definition) is 1. The second-order valence-electron chi connectivity index (χ2n) is 6.64. The first-order chi connectivity index (χ1) is 12.6. The molecular weight excluding hydrogens is 390 g/mol. The zero-order valence-electron chi connectivity index (χ0n) is 15.5. The fraction of sp³-hybridized carbons (Fsp3) is 0.471. The summed E-state index contributed by atoms with van der Waals surface area (Å²) in [7, 11) is -7.14. The Morgan fingerprint density at radius 3 is 2.56 bits per heavy atom. The Balaban J connectivity index is 1.87. The highest BCUT2D eigenvalue weighted by Gasteiger charge is 2.27. The van der Waals surface area contributed by atoms with Crippen molar-refractivity contribution in [2.75, 3.05) is 17.0 Å². The predicted octanol–water partition coefficient (Wildman–Crippen LogP) is 2.19. The molecule has 0 radical (unpaired) electrons. The Labute approximate surface area is 159 Å². The van der Waals surface area contributed by atoms with E-state index in [2.05, 4.69) is 9.88 Å². The van der Waals surface area contributed by atoms with Crippen molar-refractivity contribution in [3.8, 4) is 0 Å². The lowest BCUT2D eigenvalue weighted by molar-refractivity contribution is 0.390. The topological polar surface area (TPSA) is 110 Å². The minimum Gasteiger partial charge on any atom is -0.360 e. The van der Waals surface area contributed by atoms with Crippen LogP contribution in [0.15, 0.2) is 27.6 Å². The molecule has 0 fully saturated rings. The molecule has 148 valence electrons. The van der Waals surface area contributed by atoms with Gasteiger partial charge in [0.1, 0.15) is 5.69 Å². The lowest BCUT2D eigenvalue weighted by Crippen LogP contribution is -2.37. The van der Waals surface area contributed by atoms with Crippen LogP contribution in [0.1, 0.15) is 35.9 Å². The molecule has 0 atom stereocenters. The molecule has 3 rings (SSSR count). The molecule has 2 aromatic rings. The van der Waals surface area contributed by atoms with Gasteiger partial charge >= 0.3 is 0 Å². The maximum absolute atomic E-state index is 12.7. The van der Waals surface area contributed by atoms with Gasteiger partial charge in [0, 0.05) is 18.8 Å². The molecule has 0 saturated carbocycles. The summed E-state index contributed by atoms with van der Waals surface area (Å²) in [6.07, 6.45) is 1.16. The van der Waals surface area contributed by atoms with Crippen LogP contribution in [0.5, 0.6) is 0 Å². The van der Waals surface area contributed by atoms with Gasteiger partial charge in [0.2, 0.25) is 10.0 Å². The maximum Gasteiger partial charge on any atom is 0.267 e. The van der Waals surface area contributed by atoms with Crippen LogP contribution in [0, 0.1) is 13.8 Å². The first-order valence-electron chi connectivity index (χ1n) is 8.69. The van der Waals surface area contributed by atoms with Crippen molar-refractivity contribution in [3.05, 3.63) is 40.8 Å². The summed E-state index contributed by atoms with van der Waals surface area (Å²) in [5.74, 6) is 0.329. The average Bonchev–Trinajstić information content (AvgIpc) is 2.93. The second kappa shape index (κ2) is 7.25. The molecule has 0 aliphatic carbocycles. The third-order valence-corrected chi connectivity index (χ3v) is 8.18. The van der Waals surface area contributed by atoms with E-state index in [0.717, 1.165) is 11.1 Å². The van der Waals surface area contributed by atoms with Gasteiger partial charge in [0.15, 0.2) is 10.7 Å². The highest BCUT2D eigenvalue weighted by Crippen LogP contribution is 2.27. The monoisotopic (exact) mass is 413 g/mol. The molecule has 0 saturated heterocycles. The summed E-state index contributed by atoms with van der Waals surface area (Å²) in [5.41, 5.74) is 2.50. The zero-order valence-corrected chi connectivity index (χ0v) is 17.2. The third-order valence-electron chi connectivity index (χ3n) is 4.53. The van der Waals surface area contributed by atoms with Crippen LogP contribution in [0.2, 0.25) is 0 Å². The largest absolute Gasteiger partial charge is 0.360 e. The number of sulfonamides is 2. The van der Waals surface area contributed by atoms with Crippen LogP contribution in [0.4, 0.5) is 5.69 Å². The van der Waals surface area contributed by atoms with Gasteiger partial charge in [-0.2, -0.15) is 4.31 Å². The van der Waals surface area contributed by atoms with E-state index in [-0.39, 0.29) is 28.6 Å². The second-order valence-corrected chi connectivity index (χ2v) is 10.3. The molecule has 1 aliphatic rings. The lowest BCUT2D eigenvalue weighted by Gasteiger charge is -2.28. The number of nitrogens with zero attached hydrogens (tertiary/aromatic N) is 2. The number of nitrogens with one attached hydrogen (secondary N) is 1. The number of rotatable bonds is 6. The molecular formula is C17H23N3O5S2. The van der Waals surface area contributed by atoms with Crippen molar-refractivity contribution in [1.82, 2.24) is 9.46 Å². The first kappa shape index (κ1) is 19.8. The van der Waals surface area contributed by atoms with Gasteiger partial charge in [-0.15, -0.1) is 0 Å². The van der Waals surface area contributed by atoms with E-state index in [1.165, 1.54) is 11.2 Å². The lowest BCUT2D eigenvalue weighted by atomic mass is 10.0. The predicted molar refractivity (Wildman–Crippen MR) is 101 cm³/mol. The van der Waals surface area contributed by atoms with Crippen LogP contribution in [-0.2, 0) is 33.0 Å². The van der Waals surface area contributed by atoms with Crippen molar-refractivity contribution < 1.29 is 21.4 Å².